The van der Waals surface area contributed by atoms with Crippen molar-refractivity contribution < 1.29 is 24.2 Å². The number of aliphatic hydroxyl groups is 1. The number of esters is 1. The topological polar surface area (TPSA) is 87.2 Å². The van der Waals surface area contributed by atoms with Gasteiger partial charge in [-0.15, -0.1) is 11.8 Å². The molecule has 1 saturated carbocycles. The van der Waals surface area contributed by atoms with Crippen molar-refractivity contribution in [2.45, 2.75) is 86.4 Å². The zero-order chi connectivity index (χ0) is 23.9. The summed E-state index contributed by atoms with van der Waals surface area (Å²) in [5.41, 5.74) is 0. The van der Waals surface area contributed by atoms with E-state index in [-0.39, 0.29) is 35.7 Å². The van der Waals surface area contributed by atoms with E-state index in [1.165, 1.54) is 6.42 Å². The second-order valence-electron chi connectivity index (χ2n) is 10.3. The molecule has 186 valence electrons. The van der Waals surface area contributed by atoms with E-state index >= 15 is 0 Å². The molecule has 6 atom stereocenters. The first-order valence-electron chi connectivity index (χ1n) is 13.0. The largest absolute Gasteiger partial charge is 0.465 e. The lowest BCUT2D eigenvalue weighted by atomic mass is 9.78. The molecule has 1 unspecified atom stereocenters. The average molecular weight is 489 g/mol. The molecule has 3 fully saturated rings. The Balaban J connectivity index is 1.60. The van der Waals surface area contributed by atoms with Gasteiger partial charge in [0.05, 0.1) is 35.8 Å². The van der Waals surface area contributed by atoms with Crippen LogP contribution in [0.2, 0.25) is 0 Å². The standard InChI is InChI=1S/C26H36N2O5S/c1-2-17(16-29)28-22-24(31)27(18-10-5-3-6-11-18)14-9-13-26(22)21(23(28)30)20-19(34-26)12-7-4-8-15-33-25(20)32/h7,9,12-13,17-22,29H,2-6,8,10-11,14-16H2,1H3/b12-7-/t17-,19+,20-,21-,22?,26-/m0/s1. The number of amides is 2. The second-order valence-corrected chi connectivity index (χ2v) is 11.7. The summed E-state index contributed by atoms with van der Waals surface area (Å²) >= 11 is 1.58. The fourth-order valence-corrected chi connectivity index (χ4v) is 8.73. The summed E-state index contributed by atoms with van der Waals surface area (Å²) in [6.45, 7) is 2.60. The summed E-state index contributed by atoms with van der Waals surface area (Å²) < 4.78 is 4.77. The quantitative estimate of drug-likeness (QED) is 0.484. The highest BCUT2D eigenvalue weighted by atomic mass is 32.2. The summed E-state index contributed by atoms with van der Waals surface area (Å²) in [6, 6.07) is -0.991. The molecule has 2 amide bonds. The highest BCUT2D eigenvalue weighted by molar-refractivity contribution is 8.02. The third kappa shape index (κ3) is 3.72. The number of fused-ring (bicyclic) bond motifs is 2. The maximum Gasteiger partial charge on any atom is 0.311 e. The lowest BCUT2D eigenvalue weighted by Crippen LogP contribution is -2.58. The molecule has 0 aromatic carbocycles. The van der Waals surface area contributed by atoms with Gasteiger partial charge in [0.15, 0.2) is 0 Å². The number of carbonyl (C=O) groups is 3. The van der Waals surface area contributed by atoms with E-state index in [2.05, 4.69) is 18.2 Å². The molecule has 4 heterocycles. The number of aliphatic hydroxyl groups excluding tert-OH is 1. The molecule has 0 bridgehead atoms. The maximum atomic E-state index is 14.3. The summed E-state index contributed by atoms with van der Waals surface area (Å²) in [4.78, 5) is 45.3. The number of allylic oxidation sites excluding steroid dienone is 1. The monoisotopic (exact) mass is 488 g/mol. The lowest BCUT2D eigenvalue weighted by Gasteiger charge is -2.41. The van der Waals surface area contributed by atoms with Crippen LogP contribution >= 0.6 is 11.8 Å². The van der Waals surface area contributed by atoms with Gasteiger partial charge in [0.2, 0.25) is 11.8 Å². The molecule has 0 aromatic heterocycles. The van der Waals surface area contributed by atoms with Crippen LogP contribution in [0.1, 0.15) is 58.3 Å². The van der Waals surface area contributed by atoms with Crippen LogP contribution in [0.25, 0.3) is 0 Å². The Hall–Kier alpha value is -1.80. The van der Waals surface area contributed by atoms with Crippen molar-refractivity contribution in [1.82, 2.24) is 9.80 Å². The van der Waals surface area contributed by atoms with Gasteiger partial charge in [0, 0.05) is 17.8 Å². The molecule has 34 heavy (non-hydrogen) atoms. The number of carbonyl (C=O) groups excluding carboxylic acids is 3. The Morgan fingerprint density at radius 3 is 2.68 bits per heavy atom. The first-order chi connectivity index (χ1) is 16.5. The van der Waals surface area contributed by atoms with Gasteiger partial charge in [0.25, 0.3) is 0 Å². The number of rotatable bonds is 4. The van der Waals surface area contributed by atoms with E-state index in [1.807, 2.05) is 17.9 Å². The van der Waals surface area contributed by atoms with Crippen molar-refractivity contribution in [2.24, 2.45) is 11.8 Å². The number of thioether (sulfide) groups is 1. The van der Waals surface area contributed by atoms with Crippen molar-refractivity contribution in [1.29, 1.82) is 0 Å². The van der Waals surface area contributed by atoms with Crippen molar-refractivity contribution in [3.05, 3.63) is 24.3 Å². The summed E-state index contributed by atoms with van der Waals surface area (Å²) in [5.74, 6) is -1.87. The highest BCUT2D eigenvalue weighted by Gasteiger charge is 2.71. The molecule has 8 heteroatoms. The molecule has 4 aliphatic heterocycles. The highest BCUT2D eigenvalue weighted by Crippen LogP contribution is 2.61. The predicted octanol–water partition coefficient (Wildman–Crippen LogP) is 2.68. The van der Waals surface area contributed by atoms with Gasteiger partial charge in [-0.05, 0) is 32.1 Å². The molecule has 1 spiro atoms. The van der Waals surface area contributed by atoms with Gasteiger partial charge < -0.3 is 19.6 Å². The van der Waals surface area contributed by atoms with Crippen LogP contribution in [-0.4, -0.2) is 80.6 Å². The predicted molar refractivity (Wildman–Crippen MR) is 130 cm³/mol. The Bertz CT molecular complexity index is 880. The van der Waals surface area contributed by atoms with Crippen LogP contribution in [0.3, 0.4) is 0 Å². The number of cyclic esters (lactones) is 1. The van der Waals surface area contributed by atoms with E-state index in [0.29, 0.717) is 19.6 Å². The van der Waals surface area contributed by atoms with Gasteiger partial charge >= 0.3 is 5.97 Å². The zero-order valence-electron chi connectivity index (χ0n) is 19.9. The van der Waals surface area contributed by atoms with E-state index in [1.54, 1.807) is 16.7 Å². The third-order valence-electron chi connectivity index (χ3n) is 8.41. The smallest absolute Gasteiger partial charge is 0.311 e. The van der Waals surface area contributed by atoms with Gasteiger partial charge in [-0.2, -0.15) is 0 Å². The Morgan fingerprint density at radius 1 is 1.15 bits per heavy atom. The molecule has 0 aromatic rings. The fourth-order valence-electron chi connectivity index (χ4n) is 6.74. The van der Waals surface area contributed by atoms with Gasteiger partial charge in [-0.3, -0.25) is 14.4 Å². The normalized spacial score (nSPS) is 38.2. The summed E-state index contributed by atoms with van der Waals surface area (Å²) in [5, 5.41) is 9.97. The van der Waals surface area contributed by atoms with Crippen LogP contribution in [0.15, 0.2) is 24.3 Å². The molecule has 2 saturated heterocycles. The van der Waals surface area contributed by atoms with Gasteiger partial charge in [0.1, 0.15) is 6.04 Å². The molecule has 1 aliphatic carbocycles. The van der Waals surface area contributed by atoms with E-state index < -0.39 is 28.7 Å². The van der Waals surface area contributed by atoms with Gasteiger partial charge in [-0.25, -0.2) is 0 Å². The first kappa shape index (κ1) is 23.9. The number of hydrogen-bond acceptors (Lipinski definition) is 6. The maximum absolute atomic E-state index is 14.3. The van der Waals surface area contributed by atoms with Crippen LogP contribution in [-0.2, 0) is 19.1 Å². The van der Waals surface area contributed by atoms with Gasteiger partial charge in [-0.1, -0.05) is 50.5 Å². The second kappa shape index (κ2) is 9.69. The minimum absolute atomic E-state index is 0.0315. The molecule has 5 aliphatic rings. The third-order valence-corrected chi connectivity index (χ3v) is 10.2. The van der Waals surface area contributed by atoms with Crippen molar-refractivity contribution in [3.8, 4) is 0 Å². The molecule has 5 rings (SSSR count). The first-order valence-corrected chi connectivity index (χ1v) is 13.8. The Labute approximate surface area is 205 Å². The Kier molecular flexibility index (Phi) is 6.81. The SMILES string of the molecule is CC[C@@H](CO)N1C(=O)[C@@H]2[C@H]3C(=O)OCCC/C=C\[C@H]3S[C@@]23C=CCN(C2CCCCC2)C(=O)C13. The van der Waals surface area contributed by atoms with Crippen LogP contribution in [0, 0.1) is 11.8 Å². The number of likely N-dealkylation sites (tertiary alicyclic amines) is 1. The number of nitrogens with zero attached hydrogens (tertiary/aromatic N) is 2. The van der Waals surface area contributed by atoms with Crippen LogP contribution < -0.4 is 0 Å². The minimum atomic E-state index is -0.835. The Morgan fingerprint density at radius 2 is 1.94 bits per heavy atom. The average Bonchev–Trinajstić information content (AvgIpc) is 3.26. The molecule has 1 N–H and O–H groups in total. The molecule has 0 radical (unpaired) electrons. The van der Waals surface area contributed by atoms with Crippen molar-refractivity contribution in [2.75, 3.05) is 19.8 Å². The van der Waals surface area contributed by atoms with E-state index in [4.69, 9.17) is 4.74 Å². The fraction of sp³-hybridized carbons (Fsp3) is 0.731. The van der Waals surface area contributed by atoms with E-state index in [9.17, 15) is 19.5 Å². The summed E-state index contributed by atoms with van der Waals surface area (Å²) in [6.07, 6.45) is 15.8. The molecule has 7 nitrogen and oxygen atoms in total. The summed E-state index contributed by atoms with van der Waals surface area (Å²) in [7, 11) is 0. The minimum Gasteiger partial charge on any atom is -0.465 e. The van der Waals surface area contributed by atoms with E-state index in [0.717, 1.165) is 38.5 Å². The van der Waals surface area contributed by atoms with Crippen molar-refractivity contribution in [3.63, 3.8) is 0 Å². The number of hydrogen-bond donors (Lipinski definition) is 1. The number of ether oxygens (including phenoxy) is 1. The van der Waals surface area contributed by atoms with Crippen LogP contribution in [0.5, 0.6) is 0 Å². The molecular formula is C26H36N2O5S. The molecular weight excluding hydrogens is 452 g/mol. The van der Waals surface area contributed by atoms with Crippen LogP contribution in [0.4, 0.5) is 0 Å². The zero-order valence-corrected chi connectivity index (χ0v) is 20.8. The lowest BCUT2D eigenvalue weighted by molar-refractivity contribution is -0.153. The van der Waals surface area contributed by atoms with Crippen molar-refractivity contribution >= 4 is 29.5 Å².